The zero-order valence-corrected chi connectivity index (χ0v) is 12.1. The molecule has 0 saturated heterocycles. The molecule has 3 N–H and O–H groups in total. The maximum atomic E-state index is 11.9. The zero-order valence-electron chi connectivity index (χ0n) is 10.5. The molecule has 2 amide bonds. The lowest BCUT2D eigenvalue weighted by atomic mass is 9.79. The standard InChI is InChI=1S/C13H15BrN2O3/c1-13(5-2-6-13)16-12(19)15-10-4-3-8(14)7-9(10)11(17)18/h3-4,7H,2,5-6H2,1H3,(H,17,18)(H2,15,16,19). The van der Waals surface area contributed by atoms with Crippen LogP contribution in [0, 0.1) is 0 Å². The summed E-state index contributed by atoms with van der Waals surface area (Å²) in [6, 6.07) is 4.35. The predicted molar refractivity (Wildman–Crippen MR) is 75.5 cm³/mol. The van der Waals surface area contributed by atoms with E-state index in [-0.39, 0.29) is 22.8 Å². The Kier molecular flexibility index (Phi) is 3.80. The number of rotatable bonds is 3. The average molecular weight is 327 g/mol. The van der Waals surface area contributed by atoms with Gasteiger partial charge in [-0.2, -0.15) is 0 Å². The van der Waals surface area contributed by atoms with E-state index in [1.807, 2.05) is 6.92 Å². The Balaban J connectivity index is 2.10. The summed E-state index contributed by atoms with van der Waals surface area (Å²) in [7, 11) is 0. The van der Waals surface area contributed by atoms with Gasteiger partial charge in [0, 0.05) is 10.0 Å². The first-order valence-corrected chi connectivity index (χ1v) is 6.81. The first-order chi connectivity index (χ1) is 8.89. The number of carboxylic acid groups (broad SMARTS) is 1. The van der Waals surface area contributed by atoms with E-state index in [1.165, 1.54) is 6.07 Å². The van der Waals surface area contributed by atoms with E-state index >= 15 is 0 Å². The predicted octanol–water partition coefficient (Wildman–Crippen LogP) is 3.21. The van der Waals surface area contributed by atoms with Gasteiger partial charge in [0.05, 0.1) is 11.3 Å². The van der Waals surface area contributed by atoms with Crippen LogP contribution < -0.4 is 10.6 Å². The van der Waals surface area contributed by atoms with Crippen molar-refractivity contribution in [3.05, 3.63) is 28.2 Å². The van der Waals surface area contributed by atoms with Crippen molar-refractivity contribution in [2.45, 2.75) is 31.7 Å². The molecule has 0 bridgehead atoms. The third-order valence-electron chi connectivity index (χ3n) is 3.33. The number of amides is 2. The lowest BCUT2D eigenvalue weighted by Gasteiger charge is -2.39. The van der Waals surface area contributed by atoms with Crippen LogP contribution in [0.2, 0.25) is 0 Å². The van der Waals surface area contributed by atoms with Crippen molar-refractivity contribution in [2.75, 3.05) is 5.32 Å². The van der Waals surface area contributed by atoms with Crippen molar-refractivity contribution in [1.29, 1.82) is 0 Å². The van der Waals surface area contributed by atoms with Crippen molar-refractivity contribution >= 4 is 33.6 Å². The molecule has 6 heteroatoms. The van der Waals surface area contributed by atoms with Gasteiger partial charge in [-0.05, 0) is 44.4 Å². The second kappa shape index (κ2) is 5.21. The van der Waals surface area contributed by atoms with E-state index in [4.69, 9.17) is 5.11 Å². The number of carbonyl (C=O) groups excluding carboxylic acids is 1. The number of carbonyl (C=O) groups is 2. The molecule has 19 heavy (non-hydrogen) atoms. The van der Waals surface area contributed by atoms with E-state index in [0.717, 1.165) is 19.3 Å². The highest BCUT2D eigenvalue weighted by atomic mass is 79.9. The minimum absolute atomic E-state index is 0.0586. The van der Waals surface area contributed by atoms with Gasteiger partial charge in [0.15, 0.2) is 0 Å². The molecule has 2 rings (SSSR count). The number of nitrogens with one attached hydrogen (secondary N) is 2. The van der Waals surface area contributed by atoms with Gasteiger partial charge in [-0.25, -0.2) is 9.59 Å². The highest BCUT2D eigenvalue weighted by molar-refractivity contribution is 9.10. The molecular formula is C13H15BrN2O3. The van der Waals surface area contributed by atoms with Crippen LogP contribution >= 0.6 is 15.9 Å². The fourth-order valence-electron chi connectivity index (χ4n) is 2.06. The van der Waals surface area contributed by atoms with Crippen LogP contribution in [0.25, 0.3) is 0 Å². The van der Waals surface area contributed by atoms with Crippen LogP contribution in [-0.4, -0.2) is 22.6 Å². The zero-order chi connectivity index (χ0) is 14.0. The van der Waals surface area contributed by atoms with Gasteiger partial charge in [-0.15, -0.1) is 0 Å². The molecule has 0 radical (unpaired) electrons. The van der Waals surface area contributed by atoms with Crippen molar-refractivity contribution in [2.24, 2.45) is 0 Å². The van der Waals surface area contributed by atoms with E-state index in [1.54, 1.807) is 12.1 Å². The van der Waals surface area contributed by atoms with Gasteiger partial charge >= 0.3 is 12.0 Å². The minimum Gasteiger partial charge on any atom is -0.478 e. The van der Waals surface area contributed by atoms with E-state index in [9.17, 15) is 9.59 Å². The van der Waals surface area contributed by atoms with Gasteiger partial charge < -0.3 is 15.7 Å². The molecule has 0 aromatic heterocycles. The molecule has 0 heterocycles. The van der Waals surface area contributed by atoms with E-state index in [2.05, 4.69) is 26.6 Å². The molecule has 0 atom stereocenters. The monoisotopic (exact) mass is 326 g/mol. The Hall–Kier alpha value is -1.56. The average Bonchev–Trinajstić information content (AvgIpc) is 2.29. The number of carboxylic acids is 1. The summed E-state index contributed by atoms with van der Waals surface area (Å²) >= 11 is 3.21. The Morgan fingerprint density at radius 2 is 2.05 bits per heavy atom. The molecule has 0 spiro atoms. The fraction of sp³-hybridized carbons (Fsp3) is 0.385. The van der Waals surface area contributed by atoms with Crippen LogP contribution in [0.3, 0.4) is 0 Å². The third kappa shape index (κ3) is 3.26. The summed E-state index contributed by atoms with van der Waals surface area (Å²) in [6.07, 6.45) is 3.01. The van der Waals surface area contributed by atoms with Gasteiger partial charge in [-0.1, -0.05) is 15.9 Å². The molecule has 5 nitrogen and oxygen atoms in total. The SMILES string of the molecule is CC1(NC(=O)Nc2ccc(Br)cc2C(=O)O)CCC1. The minimum atomic E-state index is -1.08. The number of benzene rings is 1. The number of aromatic carboxylic acids is 1. The normalized spacial score (nSPS) is 16.3. The lowest BCUT2D eigenvalue weighted by molar-refractivity contribution is 0.0698. The molecule has 1 aliphatic carbocycles. The highest BCUT2D eigenvalue weighted by Crippen LogP contribution is 2.31. The maximum Gasteiger partial charge on any atom is 0.337 e. The number of halogens is 1. The first-order valence-electron chi connectivity index (χ1n) is 6.02. The van der Waals surface area contributed by atoms with Crippen LogP contribution in [0.15, 0.2) is 22.7 Å². The largest absolute Gasteiger partial charge is 0.478 e. The van der Waals surface area contributed by atoms with Crippen LogP contribution in [0.1, 0.15) is 36.5 Å². The van der Waals surface area contributed by atoms with Crippen molar-refractivity contribution in [3.8, 4) is 0 Å². The smallest absolute Gasteiger partial charge is 0.337 e. The molecule has 1 aliphatic rings. The summed E-state index contributed by atoms with van der Waals surface area (Å²) in [4.78, 5) is 23.0. The van der Waals surface area contributed by atoms with Crippen molar-refractivity contribution in [1.82, 2.24) is 5.32 Å². The summed E-state index contributed by atoms with van der Waals surface area (Å²) in [6.45, 7) is 1.98. The van der Waals surface area contributed by atoms with Crippen LogP contribution in [-0.2, 0) is 0 Å². The quantitative estimate of drug-likeness (QED) is 0.798. The van der Waals surface area contributed by atoms with Gasteiger partial charge in [0.1, 0.15) is 0 Å². The molecular weight excluding hydrogens is 312 g/mol. The van der Waals surface area contributed by atoms with Crippen molar-refractivity contribution < 1.29 is 14.7 Å². The summed E-state index contributed by atoms with van der Waals surface area (Å²) in [5.74, 6) is -1.08. The highest BCUT2D eigenvalue weighted by Gasteiger charge is 2.33. The second-order valence-electron chi connectivity index (χ2n) is 4.99. The van der Waals surface area contributed by atoms with Crippen LogP contribution in [0.4, 0.5) is 10.5 Å². The first kappa shape index (κ1) is 13.9. The number of hydrogen-bond acceptors (Lipinski definition) is 2. The second-order valence-corrected chi connectivity index (χ2v) is 5.90. The molecule has 1 aromatic rings. The number of hydrogen-bond donors (Lipinski definition) is 3. The topological polar surface area (TPSA) is 78.4 Å². The van der Waals surface area contributed by atoms with Gasteiger partial charge in [-0.3, -0.25) is 0 Å². The van der Waals surface area contributed by atoms with E-state index < -0.39 is 5.97 Å². The molecule has 102 valence electrons. The molecule has 1 aromatic carbocycles. The van der Waals surface area contributed by atoms with E-state index in [0.29, 0.717) is 4.47 Å². The van der Waals surface area contributed by atoms with Gasteiger partial charge in [0.25, 0.3) is 0 Å². The summed E-state index contributed by atoms with van der Waals surface area (Å²) < 4.78 is 0.654. The Bertz CT molecular complexity index is 527. The van der Waals surface area contributed by atoms with Gasteiger partial charge in [0.2, 0.25) is 0 Å². The molecule has 1 fully saturated rings. The summed E-state index contributed by atoms with van der Waals surface area (Å²) in [5, 5.41) is 14.6. The fourth-order valence-corrected chi connectivity index (χ4v) is 2.42. The Labute approximate surface area is 119 Å². The molecule has 0 unspecified atom stereocenters. The maximum absolute atomic E-state index is 11.9. The number of anilines is 1. The van der Waals surface area contributed by atoms with Crippen molar-refractivity contribution in [3.63, 3.8) is 0 Å². The molecule has 0 aliphatic heterocycles. The summed E-state index contributed by atoms with van der Waals surface area (Å²) in [5.41, 5.74) is 0.183. The molecule has 1 saturated carbocycles. The Morgan fingerprint density at radius 3 is 2.58 bits per heavy atom. The Morgan fingerprint density at radius 1 is 1.37 bits per heavy atom. The number of urea groups is 1. The van der Waals surface area contributed by atoms with Crippen LogP contribution in [0.5, 0.6) is 0 Å². The third-order valence-corrected chi connectivity index (χ3v) is 3.83. The lowest BCUT2D eigenvalue weighted by Crippen LogP contribution is -2.52.